The van der Waals surface area contributed by atoms with E-state index in [2.05, 4.69) is 6.92 Å². The maximum absolute atomic E-state index is 12.1. The molecule has 3 heteroatoms. The lowest BCUT2D eigenvalue weighted by Crippen LogP contribution is -2.31. The molecule has 1 saturated heterocycles. The lowest BCUT2D eigenvalue weighted by Gasteiger charge is -2.28. The number of esters is 1. The van der Waals surface area contributed by atoms with Crippen LogP contribution in [0.25, 0.3) is 0 Å². The summed E-state index contributed by atoms with van der Waals surface area (Å²) in [5, 5.41) is 0. The van der Waals surface area contributed by atoms with Crippen LogP contribution in [-0.4, -0.2) is 18.9 Å². The molecular weight excluding hydrogens is 216 g/mol. The highest BCUT2D eigenvalue weighted by Crippen LogP contribution is 2.51. The molecule has 0 aromatic rings. The van der Waals surface area contributed by atoms with Crippen LogP contribution < -0.4 is 0 Å². The number of carbonyl (C=O) groups excluding carboxylic acids is 1. The molecule has 3 rings (SSSR count). The van der Waals surface area contributed by atoms with Gasteiger partial charge in [0, 0.05) is 6.42 Å². The molecule has 3 unspecified atom stereocenters. The molecule has 2 aliphatic carbocycles. The third-order valence-corrected chi connectivity index (χ3v) is 4.90. The van der Waals surface area contributed by atoms with E-state index in [1.54, 1.807) is 0 Å². The monoisotopic (exact) mass is 238 g/mol. The maximum atomic E-state index is 12.1. The molecule has 0 aromatic carbocycles. The molecule has 2 bridgehead atoms. The van der Waals surface area contributed by atoms with E-state index in [1.807, 2.05) is 0 Å². The summed E-state index contributed by atoms with van der Waals surface area (Å²) in [6, 6.07) is 0. The van der Waals surface area contributed by atoms with Crippen LogP contribution in [0.1, 0.15) is 45.4 Å². The van der Waals surface area contributed by atoms with Gasteiger partial charge in [0.25, 0.3) is 0 Å². The number of rotatable bonds is 2. The summed E-state index contributed by atoms with van der Waals surface area (Å²) in [6.07, 6.45) is 6.35. The van der Waals surface area contributed by atoms with Crippen molar-refractivity contribution in [3.8, 4) is 0 Å². The quantitative estimate of drug-likeness (QED) is 0.694. The zero-order valence-electron chi connectivity index (χ0n) is 10.6. The van der Waals surface area contributed by atoms with Gasteiger partial charge in [-0.15, -0.1) is 0 Å². The van der Waals surface area contributed by atoms with Gasteiger partial charge in [-0.3, -0.25) is 4.79 Å². The maximum Gasteiger partial charge on any atom is 0.311 e. The van der Waals surface area contributed by atoms with Crippen molar-refractivity contribution in [2.24, 2.45) is 23.7 Å². The molecule has 17 heavy (non-hydrogen) atoms. The predicted octanol–water partition coefficient (Wildman–Crippen LogP) is 2.74. The van der Waals surface area contributed by atoms with Crippen molar-refractivity contribution in [1.82, 2.24) is 0 Å². The Labute approximate surface area is 103 Å². The Morgan fingerprint density at radius 2 is 2.06 bits per heavy atom. The van der Waals surface area contributed by atoms with Gasteiger partial charge < -0.3 is 9.47 Å². The van der Waals surface area contributed by atoms with Crippen molar-refractivity contribution < 1.29 is 14.3 Å². The lowest BCUT2D eigenvalue weighted by molar-refractivity contribution is -0.192. The average molecular weight is 238 g/mol. The number of carbonyl (C=O) groups is 1. The van der Waals surface area contributed by atoms with Crippen LogP contribution in [0.3, 0.4) is 0 Å². The molecule has 96 valence electrons. The summed E-state index contributed by atoms with van der Waals surface area (Å²) in [6.45, 7) is 3.06. The Morgan fingerprint density at radius 3 is 2.65 bits per heavy atom. The first-order valence-electron chi connectivity index (χ1n) is 7.06. The van der Waals surface area contributed by atoms with Gasteiger partial charge in [-0.1, -0.05) is 6.92 Å². The predicted molar refractivity (Wildman–Crippen MR) is 63.2 cm³/mol. The van der Waals surface area contributed by atoms with Gasteiger partial charge >= 0.3 is 5.97 Å². The summed E-state index contributed by atoms with van der Waals surface area (Å²) in [5.41, 5.74) is 0. The van der Waals surface area contributed by atoms with Crippen LogP contribution in [0.15, 0.2) is 0 Å². The highest BCUT2D eigenvalue weighted by Gasteiger charge is 2.47. The van der Waals surface area contributed by atoms with Crippen LogP contribution in [0.5, 0.6) is 0 Å². The molecule has 0 amide bonds. The molecule has 5 atom stereocenters. The van der Waals surface area contributed by atoms with Crippen molar-refractivity contribution >= 4 is 5.97 Å². The molecular formula is C14H22O3. The van der Waals surface area contributed by atoms with Gasteiger partial charge in [-0.05, 0) is 49.9 Å². The first-order valence-corrected chi connectivity index (χ1v) is 7.06. The highest BCUT2D eigenvalue weighted by atomic mass is 16.7. The van der Waals surface area contributed by atoms with E-state index in [9.17, 15) is 4.79 Å². The Morgan fingerprint density at radius 1 is 1.18 bits per heavy atom. The van der Waals surface area contributed by atoms with Crippen LogP contribution >= 0.6 is 0 Å². The SMILES string of the molecule is CC1C[C@H]2C[C@@H]1CC2C(=O)OC1CCCCO1. The van der Waals surface area contributed by atoms with Gasteiger partial charge in [0.1, 0.15) is 0 Å². The van der Waals surface area contributed by atoms with Gasteiger partial charge in [-0.2, -0.15) is 0 Å². The second-order valence-corrected chi connectivity index (χ2v) is 6.04. The first-order chi connectivity index (χ1) is 8.24. The Balaban J connectivity index is 1.53. The minimum atomic E-state index is -0.257. The van der Waals surface area contributed by atoms with Crippen LogP contribution in [0.4, 0.5) is 0 Å². The molecule has 0 radical (unpaired) electrons. The van der Waals surface area contributed by atoms with Crippen molar-refractivity contribution in [1.29, 1.82) is 0 Å². The third-order valence-electron chi connectivity index (χ3n) is 4.90. The van der Waals surface area contributed by atoms with Crippen molar-refractivity contribution in [3.63, 3.8) is 0 Å². The highest BCUT2D eigenvalue weighted by molar-refractivity contribution is 5.73. The van der Waals surface area contributed by atoms with Gasteiger partial charge in [0.2, 0.25) is 6.29 Å². The Hall–Kier alpha value is -0.570. The van der Waals surface area contributed by atoms with Crippen molar-refractivity contribution in [3.05, 3.63) is 0 Å². The first kappa shape index (κ1) is 11.5. The minimum Gasteiger partial charge on any atom is -0.436 e. The molecule has 1 heterocycles. The van der Waals surface area contributed by atoms with Crippen LogP contribution in [0.2, 0.25) is 0 Å². The standard InChI is InChI=1S/C14H22O3/c1-9-6-11-7-10(9)8-12(11)14(15)17-13-4-2-3-5-16-13/h9-13H,2-8H2,1H3/t9?,10-,11+,12?,13?/m1/s1. The van der Waals surface area contributed by atoms with Gasteiger partial charge in [-0.25, -0.2) is 0 Å². The zero-order valence-corrected chi connectivity index (χ0v) is 10.6. The summed E-state index contributed by atoms with van der Waals surface area (Å²) >= 11 is 0. The zero-order chi connectivity index (χ0) is 11.8. The minimum absolute atomic E-state index is 0.0105. The Bertz CT molecular complexity index is 294. The smallest absolute Gasteiger partial charge is 0.311 e. The lowest BCUT2D eigenvalue weighted by atomic mass is 9.83. The summed E-state index contributed by atoms with van der Waals surface area (Å²) in [7, 11) is 0. The summed E-state index contributed by atoms with van der Waals surface area (Å²) in [5.74, 6) is 2.35. The summed E-state index contributed by atoms with van der Waals surface area (Å²) < 4.78 is 11.0. The molecule has 1 aliphatic heterocycles. The van der Waals surface area contributed by atoms with E-state index in [0.717, 1.165) is 44.1 Å². The van der Waals surface area contributed by atoms with Crippen LogP contribution in [0, 0.1) is 23.7 Å². The van der Waals surface area contributed by atoms with Crippen LogP contribution in [-0.2, 0) is 14.3 Å². The number of hydrogen-bond acceptors (Lipinski definition) is 3. The number of hydrogen-bond donors (Lipinski definition) is 0. The number of ether oxygens (including phenoxy) is 2. The van der Waals surface area contributed by atoms with Gasteiger partial charge in [0.15, 0.2) is 0 Å². The molecule has 3 fully saturated rings. The average Bonchev–Trinajstić information content (AvgIpc) is 2.89. The second-order valence-electron chi connectivity index (χ2n) is 6.04. The molecule has 0 spiro atoms. The van der Waals surface area contributed by atoms with E-state index in [-0.39, 0.29) is 18.2 Å². The summed E-state index contributed by atoms with van der Waals surface area (Å²) in [4.78, 5) is 12.1. The fraction of sp³-hybridized carbons (Fsp3) is 0.929. The fourth-order valence-electron chi connectivity index (χ4n) is 3.87. The molecule has 3 aliphatic rings. The topological polar surface area (TPSA) is 35.5 Å². The van der Waals surface area contributed by atoms with Gasteiger partial charge in [0.05, 0.1) is 12.5 Å². The molecule has 3 nitrogen and oxygen atoms in total. The van der Waals surface area contributed by atoms with E-state index >= 15 is 0 Å². The normalized spacial score (nSPS) is 44.9. The van der Waals surface area contributed by atoms with E-state index in [4.69, 9.17) is 9.47 Å². The second kappa shape index (κ2) is 4.60. The van der Waals surface area contributed by atoms with E-state index in [0.29, 0.717) is 5.92 Å². The fourth-order valence-corrected chi connectivity index (χ4v) is 3.87. The molecule has 0 N–H and O–H groups in total. The van der Waals surface area contributed by atoms with Crippen molar-refractivity contribution in [2.75, 3.05) is 6.61 Å². The van der Waals surface area contributed by atoms with E-state index < -0.39 is 0 Å². The largest absolute Gasteiger partial charge is 0.436 e. The molecule has 0 aromatic heterocycles. The third kappa shape index (κ3) is 2.22. The van der Waals surface area contributed by atoms with Crippen molar-refractivity contribution in [2.45, 2.75) is 51.7 Å². The molecule has 2 saturated carbocycles. The Kier molecular flexibility index (Phi) is 3.12. The van der Waals surface area contributed by atoms with E-state index in [1.165, 1.54) is 12.8 Å². The number of fused-ring (bicyclic) bond motifs is 2.